The summed E-state index contributed by atoms with van der Waals surface area (Å²) in [5.41, 5.74) is -0.580. The first-order valence-corrected chi connectivity index (χ1v) is 13.8. The van der Waals surface area contributed by atoms with Gasteiger partial charge in [0, 0.05) is 24.1 Å². The Kier molecular flexibility index (Phi) is 5.61. The maximum absolute atomic E-state index is 13.4. The van der Waals surface area contributed by atoms with Crippen LogP contribution in [0.25, 0.3) is 11.2 Å². The van der Waals surface area contributed by atoms with Crippen molar-refractivity contribution in [2.24, 2.45) is 5.92 Å². The highest BCUT2D eigenvalue weighted by Gasteiger charge is 2.29. The molecule has 0 amide bonds. The molecule has 0 atom stereocenters. The van der Waals surface area contributed by atoms with Crippen LogP contribution in [0.1, 0.15) is 20.3 Å². The number of benzene rings is 1. The summed E-state index contributed by atoms with van der Waals surface area (Å²) in [5.74, 6) is -0.270. The quantitative estimate of drug-likeness (QED) is 0.532. The van der Waals surface area contributed by atoms with Crippen molar-refractivity contribution in [3.63, 3.8) is 0 Å². The van der Waals surface area contributed by atoms with Crippen LogP contribution in [0.4, 0.5) is 11.4 Å². The first-order valence-electron chi connectivity index (χ1n) is 10.3. The lowest BCUT2D eigenvalue weighted by Crippen LogP contribution is -2.50. The highest BCUT2D eigenvalue weighted by molar-refractivity contribution is 7.92. The summed E-state index contributed by atoms with van der Waals surface area (Å²) in [6, 6.07) is 7.27. The lowest BCUT2D eigenvalue weighted by atomic mass is 10.1. The van der Waals surface area contributed by atoms with E-state index in [0.717, 1.165) is 6.26 Å². The fourth-order valence-electron chi connectivity index (χ4n) is 3.83. The molecule has 4 rings (SSSR count). The maximum atomic E-state index is 13.4. The van der Waals surface area contributed by atoms with Crippen LogP contribution in [0.5, 0.6) is 0 Å². The summed E-state index contributed by atoms with van der Waals surface area (Å²) in [7, 11) is -7.55. The molecule has 3 heterocycles. The van der Waals surface area contributed by atoms with Gasteiger partial charge in [0.1, 0.15) is 10.7 Å². The number of sulfonamides is 1. The molecular formula is C21H24N4O6S2. The first-order chi connectivity index (χ1) is 15.4. The Labute approximate surface area is 190 Å². The van der Waals surface area contributed by atoms with E-state index in [1.165, 1.54) is 27.4 Å². The van der Waals surface area contributed by atoms with Crippen LogP contribution in [0.15, 0.2) is 51.0 Å². The van der Waals surface area contributed by atoms with Crippen molar-refractivity contribution < 1.29 is 16.8 Å². The molecule has 176 valence electrons. The molecule has 0 spiro atoms. The van der Waals surface area contributed by atoms with Crippen LogP contribution in [0.2, 0.25) is 0 Å². The van der Waals surface area contributed by atoms with Gasteiger partial charge < -0.3 is 5.32 Å². The van der Waals surface area contributed by atoms with Crippen molar-refractivity contribution >= 4 is 42.4 Å². The monoisotopic (exact) mass is 492 g/mol. The number of sulfone groups is 1. The van der Waals surface area contributed by atoms with Gasteiger partial charge in [-0.15, -0.1) is 0 Å². The highest BCUT2D eigenvalue weighted by atomic mass is 32.2. The fourth-order valence-corrected chi connectivity index (χ4v) is 5.90. The zero-order valence-electron chi connectivity index (χ0n) is 18.3. The largest absolute Gasteiger partial charge is 0.356 e. The van der Waals surface area contributed by atoms with Gasteiger partial charge in [-0.2, -0.15) is 0 Å². The summed E-state index contributed by atoms with van der Waals surface area (Å²) in [5, 5.41) is 2.72. The van der Waals surface area contributed by atoms with Crippen molar-refractivity contribution in [2.45, 2.75) is 31.7 Å². The van der Waals surface area contributed by atoms with E-state index in [1.54, 1.807) is 18.3 Å². The Morgan fingerprint density at radius 1 is 1.18 bits per heavy atom. The van der Waals surface area contributed by atoms with Gasteiger partial charge in [0.25, 0.3) is 5.56 Å². The van der Waals surface area contributed by atoms with Gasteiger partial charge in [-0.3, -0.25) is 18.8 Å². The third-order valence-electron chi connectivity index (χ3n) is 5.36. The molecule has 1 aliphatic heterocycles. The Morgan fingerprint density at radius 3 is 2.58 bits per heavy atom. The molecule has 1 aliphatic rings. The molecule has 2 N–H and O–H groups in total. The molecule has 0 radical (unpaired) electrons. The molecule has 0 saturated carbocycles. The number of rotatable bonds is 5. The van der Waals surface area contributed by atoms with Crippen LogP contribution in [-0.4, -0.2) is 38.0 Å². The average molecular weight is 493 g/mol. The van der Waals surface area contributed by atoms with Crippen molar-refractivity contribution in [2.75, 3.05) is 22.0 Å². The van der Waals surface area contributed by atoms with Gasteiger partial charge in [-0.05, 0) is 42.7 Å². The second-order valence-corrected chi connectivity index (χ2v) is 12.2. The van der Waals surface area contributed by atoms with Gasteiger partial charge in [-0.25, -0.2) is 21.5 Å². The number of nitrogens with one attached hydrogen (secondary N) is 2. The topological polar surface area (TPSA) is 136 Å². The van der Waals surface area contributed by atoms with Gasteiger partial charge >= 0.3 is 0 Å². The number of anilines is 2. The van der Waals surface area contributed by atoms with E-state index >= 15 is 0 Å². The summed E-state index contributed by atoms with van der Waals surface area (Å²) in [6.45, 7) is 4.41. The molecule has 0 fully saturated rings. The number of nitrogens with zero attached hydrogens (tertiary/aromatic N) is 2. The van der Waals surface area contributed by atoms with Gasteiger partial charge in [0.2, 0.25) is 15.5 Å². The van der Waals surface area contributed by atoms with Gasteiger partial charge in [-0.1, -0.05) is 13.8 Å². The van der Waals surface area contributed by atoms with Crippen LogP contribution < -0.4 is 26.2 Å². The second kappa shape index (κ2) is 8.03. The molecule has 0 aliphatic carbocycles. The lowest BCUT2D eigenvalue weighted by molar-refractivity contribution is 0.455. The van der Waals surface area contributed by atoms with Gasteiger partial charge in [0.05, 0.1) is 22.6 Å². The average Bonchev–Trinajstić information content (AvgIpc) is 3.16. The van der Waals surface area contributed by atoms with E-state index in [2.05, 4.69) is 10.0 Å². The van der Waals surface area contributed by atoms with E-state index in [-0.39, 0.29) is 32.7 Å². The molecule has 0 bridgehead atoms. The normalized spacial score (nSPS) is 17.1. The Hall–Kier alpha value is -3.12. The summed E-state index contributed by atoms with van der Waals surface area (Å²) >= 11 is 0. The molecule has 1 aromatic carbocycles. The molecule has 0 unspecified atom stereocenters. The number of hydrogen-bond donors (Lipinski definition) is 2. The van der Waals surface area contributed by atoms with Crippen molar-refractivity contribution in [1.29, 1.82) is 0 Å². The van der Waals surface area contributed by atoms with E-state index < -0.39 is 36.6 Å². The predicted molar refractivity (Wildman–Crippen MR) is 127 cm³/mol. The summed E-state index contributed by atoms with van der Waals surface area (Å²) in [4.78, 5) is 26.4. The van der Waals surface area contributed by atoms with Crippen LogP contribution in [-0.2, 0) is 26.4 Å². The standard InChI is InChI=1S/C21H24N4O6S2/c1-13(2)8-10-25-21(27)19(20(26)17-5-4-9-24(17)25)16-12-33(30,31)18-11-14(23-32(3,28)29)6-7-15(18)22-16/h4-7,9,11,13,22-23H,8,10,12H2,1-3H3. The number of aromatic nitrogens is 2. The number of fused-ring (bicyclic) bond motifs is 2. The van der Waals surface area contributed by atoms with Crippen molar-refractivity contribution in [1.82, 2.24) is 9.20 Å². The van der Waals surface area contributed by atoms with Crippen molar-refractivity contribution in [3.05, 3.63) is 62.3 Å². The van der Waals surface area contributed by atoms with E-state index in [9.17, 15) is 26.4 Å². The van der Waals surface area contributed by atoms with E-state index in [1.807, 2.05) is 13.8 Å². The van der Waals surface area contributed by atoms with Crippen LogP contribution >= 0.6 is 0 Å². The Bertz CT molecular complexity index is 1650. The molecular weight excluding hydrogens is 468 g/mol. The molecule has 2 aromatic heterocycles. The lowest BCUT2D eigenvalue weighted by Gasteiger charge is -2.22. The van der Waals surface area contributed by atoms with Gasteiger partial charge in [0.15, 0.2) is 9.84 Å². The van der Waals surface area contributed by atoms with Crippen LogP contribution in [0, 0.1) is 5.92 Å². The Morgan fingerprint density at radius 2 is 1.91 bits per heavy atom. The molecule has 10 nitrogen and oxygen atoms in total. The number of aryl methyl sites for hydroxylation is 1. The zero-order valence-corrected chi connectivity index (χ0v) is 20.0. The fraction of sp³-hybridized carbons (Fsp3) is 0.333. The molecule has 12 heteroatoms. The summed E-state index contributed by atoms with van der Waals surface area (Å²) < 4.78 is 54.3. The van der Waals surface area contributed by atoms with Crippen molar-refractivity contribution in [3.8, 4) is 0 Å². The first kappa shape index (κ1) is 23.1. The van der Waals surface area contributed by atoms with E-state index in [4.69, 9.17) is 0 Å². The number of hydrogen-bond acceptors (Lipinski definition) is 7. The van der Waals surface area contributed by atoms with E-state index in [0.29, 0.717) is 18.9 Å². The smallest absolute Gasteiger partial charge is 0.278 e. The van der Waals surface area contributed by atoms with Crippen LogP contribution in [0.3, 0.4) is 0 Å². The minimum atomic E-state index is -3.96. The zero-order chi connectivity index (χ0) is 24.1. The minimum absolute atomic E-state index is 0.00307. The second-order valence-electron chi connectivity index (χ2n) is 8.50. The molecule has 0 saturated heterocycles. The summed E-state index contributed by atoms with van der Waals surface area (Å²) in [6.07, 6.45) is 3.29. The predicted octanol–water partition coefficient (Wildman–Crippen LogP) is 0.605. The minimum Gasteiger partial charge on any atom is -0.356 e. The SMILES string of the molecule is CC(C)CCn1c(=O)c(=C2CS(=O)(=O)c3cc(NS(C)(=O)=O)ccc3N2)c(=O)c2cccn21. The Balaban J connectivity index is 1.94. The highest BCUT2D eigenvalue weighted by Crippen LogP contribution is 2.32. The molecule has 3 aromatic rings. The third kappa shape index (κ3) is 4.40. The maximum Gasteiger partial charge on any atom is 0.278 e. The molecule has 33 heavy (non-hydrogen) atoms. The third-order valence-corrected chi connectivity index (χ3v) is 7.64.